The van der Waals surface area contributed by atoms with Crippen LogP contribution in [0.1, 0.15) is 26.3 Å². The molecule has 1 nitrogen and oxygen atoms in total. The summed E-state index contributed by atoms with van der Waals surface area (Å²) in [4.78, 5) is 4.67. The zero-order valence-corrected chi connectivity index (χ0v) is 9.91. The van der Waals surface area contributed by atoms with E-state index >= 15 is 0 Å². The number of fused-ring (bicyclic) bond motifs is 2. The van der Waals surface area contributed by atoms with Gasteiger partial charge in [-0.05, 0) is 35.4 Å². The van der Waals surface area contributed by atoms with E-state index in [0.717, 1.165) is 5.69 Å². The van der Waals surface area contributed by atoms with Gasteiger partial charge in [-0.15, -0.1) is 0 Å². The molecule has 1 aliphatic rings. The number of nitrogens with zero attached hydrogens (tertiary/aromatic N) is 1. The molecule has 0 saturated carbocycles. The number of rotatable bonds is 0. The third-order valence-electron chi connectivity index (χ3n) is 3.73. The molecule has 0 N–H and O–H groups in total. The molecule has 80 valence electrons. The van der Waals surface area contributed by atoms with Crippen LogP contribution in [0.15, 0.2) is 41.4 Å². The van der Waals surface area contributed by atoms with Crippen LogP contribution in [0.5, 0.6) is 0 Å². The molecule has 0 radical (unpaired) electrons. The molecular weight excluding hydrogens is 194 g/mol. The van der Waals surface area contributed by atoms with Crippen LogP contribution in [0.2, 0.25) is 0 Å². The molecule has 1 heteroatoms. The van der Waals surface area contributed by atoms with Crippen LogP contribution >= 0.6 is 0 Å². The van der Waals surface area contributed by atoms with E-state index in [4.69, 9.17) is 0 Å². The fourth-order valence-corrected chi connectivity index (χ4v) is 2.34. The maximum atomic E-state index is 4.67. The first-order chi connectivity index (χ1) is 7.59. The molecule has 0 amide bonds. The van der Waals surface area contributed by atoms with Gasteiger partial charge in [0.2, 0.25) is 0 Å². The summed E-state index contributed by atoms with van der Waals surface area (Å²) in [7, 11) is 0. The monoisotopic (exact) mass is 209 g/mol. The van der Waals surface area contributed by atoms with Crippen molar-refractivity contribution in [1.82, 2.24) is 0 Å². The van der Waals surface area contributed by atoms with E-state index in [9.17, 15) is 0 Å². The summed E-state index contributed by atoms with van der Waals surface area (Å²) in [6.45, 7) is 6.60. The third kappa shape index (κ3) is 1.15. The molecule has 2 aromatic rings. The van der Waals surface area contributed by atoms with Gasteiger partial charge in [-0.3, -0.25) is 4.99 Å². The van der Waals surface area contributed by atoms with Crippen molar-refractivity contribution in [2.24, 2.45) is 4.99 Å². The standard InChI is InChI=1S/C15H15N/c1-10-15(2,3)13-8-11-6-4-5-7-12(11)9-14(13)16-10/h4-9H,1-3H3. The second-order valence-corrected chi connectivity index (χ2v) is 5.04. The Kier molecular flexibility index (Phi) is 1.76. The lowest BCUT2D eigenvalue weighted by Crippen LogP contribution is -2.22. The van der Waals surface area contributed by atoms with Gasteiger partial charge < -0.3 is 0 Å². The Labute approximate surface area is 95.8 Å². The lowest BCUT2D eigenvalue weighted by molar-refractivity contribution is 0.734. The van der Waals surface area contributed by atoms with Crippen LogP contribution in [0.4, 0.5) is 5.69 Å². The van der Waals surface area contributed by atoms with Gasteiger partial charge in [-0.1, -0.05) is 38.1 Å². The fraction of sp³-hybridized carbons (Fsp3) is 0.267. The Morgan fingerprint density at radius 1 is 1.00 bits per heavy atom. The first-order valence-corrected chi connectivity index (χ1v) is 5.68. The van der Waals surface area contributed by atoms with E-state index in [2.05, 4.69) is 62.2 Å². The van der Waals surface area contributed by atoms with Gasteiger partial charge in [-0.25, -0.2) is 0 Å². The summed E-state index contributed by atoms with van der Waals surface area (Å²) >= 11 is 0. The Bertz CT molecular complexity index is 606. The van der Waals surface area contributed by atoms with E-state index in [0.29, 0.717) is 0 Å². The Balaban J connectivity index is 2.36. The minimum atomic E-state index is 0.0827. The van der Waals surface area contributed by atoms with E-state index in [1.807, 2.05) is 0 Å². The molecule has 0 unspecified atom stereocenters. The molecule has 0 aliphatic carbocycles. The van der Waals surface area contributed by atoms with Crippen molar-refractivity contribution in [2.45, 2.75) is 26.2 Å². The highest BCUT2D eigenvalue weighted by Gasteiger charge is 2.32. The smallest absolute Gasteiger partial charge is 0.0676 e. The van der Waals surface area contributed by atoms with Crippen LogP contribution in [0.25, 0.3) is 10.8 Å². The van der Waals surface area contributed by atoms with Crippen LogP contribution in [0.3, 0.4) is 0 Å². The summed E-state index contributed by atoms with van der Waals surface area (Å²) < 4.78 is 0. The average Bonchev–Trinajstić information content (AvgIpc) is 2.48. The van der Waals surface area contributed by atoms with Gasteiger partial charge in [0.25, 0.3) is 0 Å². The average molecular weight is 209 g/mol. The summed E-state index contributed by atoms with van der Waals surface area (Å²) in [6, 6.07) is 13.0. The maximum absolute atomic E-state index is 4.67. The van der Waals surface area contributed by atoms with E-state index in [1.165, 1.54) is 22.0 Å². The van der Waals surface area contributed by atoms with Crippen LogP contribution in [0, 0.1) is 0 Å². The molecule has 3 rings (SSSR count). The van der Waals surface area contributed by atoms with Gasteiger partial charge in [-0.2, -0.15) is 0 Å². The normalized spacial score (nSPS) is 17.3. The SMILES string of the molecule is CC1=Nc2cc3ccccc3cc2C1(C)C. The third-order valence-corrected chi connectivity index (χ3v) is 3.73. The number of hydrogen-bond donors (Lipinski definition) is 0. The van der Waals surface area contributed by atoms with E-state index < -0.39 is 0 Å². The van der Waals surface area contributed by atoms with E-state index in [-0.39, 0.29) is 5.41 Å². The topological polar surface area (TPSA) is 12.4 Å². The fourth-order valence-electron chi connectivity index (χ4n) is 2.34. The van der Waals surface area contributed by atoms with Crippen molar-refractivity contribution in [1.29, 1.82) is 0 Å². The molecule has 0 spiro atoms. The molecule has 1 heterocycles. The quantitative estimate of drug-likeness (QED) is 0.616. The van der Waals surface area contributed by atoms with Crippen molar-refractivity contribution in [3.8, 4) is 0 Å². The number of hydrogen-bond acceptors (Lipinski definition) is 1. The minimum Gasteiger partial charge on any atom is -0.257 e. The molecule has 1 aliphatic heterocycles. The second kappa shape index (κ2) is 2.94. The van der Waals surface area contributed by atoms with Crippen LogP contribution < -0.4 is 0 Å². The molecule has 0 atom stereocenters. The molecule has 16 heavy (non-hydrogen) atoms. The highest BCUT2D eigenvalue weighted by Crippen LogP contribution is 2.41. The minimum absolute atomic E-state index is 0.0827. The molecule has 0 bridgehead atoms. The van der Waals surface area contributed by atoms with Gasteiger partial charge >= 0.3 is 0 Å². The first-order valence-electron chi connectivity index (χ1n) is 5.68. The zero-order valence-electron chi connectivity index (χ0n) is 9.91. The first kappa shape index (κ1) is 9.59. The van der Waals surface area contributed by atoms with Gasteiger partial charge in [0.05, 0.1) is 5.69 Å². The van der Waals surface area contributed by atoms with Gasteiger partial charge in [0.1, 0.15) is 0 Å². The van der Waals surface area contributed by atoms with Crippen molar-refractivity contribution < 1.29 is 0 Å². The molecule has 2 aromatic carbocycles. The van der Waals surface area contributed by atoms with Crippen molar-refractivity contribution in [3.63, 3.8) is 0 Å². The predicted molar refractivity (Wildman–Crippen MR) is 69.7 cm³/mol. The molecule has 0 fully saturated rings. The maximum Gasteiger partial charge on any atom is 0.0676 e. The Hall–Kier alpha value is -1.63. The number of benzene rings is 2. The highest BCUT2D eigenvalue weighted by atomic mass is 14.8. The lowest BCUT2D eigenvalue weighted by atomic mass is 9.81. The Morgan fingerprint density at radius 2 is 1.62 bits per heavy atom. The molecule has 0 aromatic heterocycles. The summed E-state index contributed by atoms with van der Waals surface area (Å²) in [5.41, 5.74) is 3.78. The summed E-state index contributed by atoms with van der Waals surface area (Å²) in [5.74, 6) is 0. The largest absolute Gasteiger partial charge is 0.257 e. The summed E-state index contributed by atoms with van der Waals surface area (Å²) in [5, 5.41) is 2.58. The van der Waals surface area contributed by atoms with Crippen molar-refractivity contribution >= 4 is 22.2 Å². The molecular formula is C15H15N. The van der Waals surface area contributed by atoms with Crippen molar-refractivity contribution in [3.05, 3.63) is 42.0 Å². The Morgan fingerprint density at radius 3 is 2.31 bits per heavy atom. The molecule has 0 saturated heterocycles. The second-order valence-electron chi connectivity index (χ2n) is 5.04. The van der Waals surface area contributed by atoms with E-state index in [1.54, 1.807) is 0 Å². The lowest BCUT2D eigenvalue weighted by Gasteiger charge is -2.20. The van der Waals surface area contributed by atoms with Crippen molar-refractivity contribution in [2.75, 3.05) is 0 Å². The zero-order chi connectivity index (χ0) is 11.3. The van der Waals surface area contributed by atoms with Gasteiger partial charge in [0, 0.05) is 11.1 Å². The predicted octanol–water partition coefficient (Wildman–Crippen LogP) is 4.22. The van der Waals surface area contributed by atoms with Crippen LogP contribution in [-0.2, 0) is 5.41 Å². The van der Waals surface area contributed by atoms with Crippen LogP contribution in [-0.4, -0.2) is 5.71 Å². The number of aliphatic imine (C=N–C) groups is 1. The van der Waals surface area contributed by atoms with Gasteiger partial charge in [0.15, 0.2) is 0 Å². The summed E-state index contributed by atoms with van der Waals surface area (Å²) in [6.07, 6.45) is 0. The highest BCUT2D eigenvalue weighted by molar-refractivity contribution is 6.02.